The van der Waals surface area contributed by atoms with Crippen LogP contribution in [0.25, 0.3) is 22.2 Å². The fraction of sp³-hybridized carbons (Fsp3) is 0.381. The number of aromatic nitrogens is 3. The molecular weight excluding hydrogens is 411 g/mol. The van der Waals surface area contributed by atoms with Gasteiger partial charge in [-0.25, -0.2) is 14.8 Å². The van der Waals surface area contributed by atoms with Gasteiger partial charge in [-0.3, -0.25) is 0 Å². The van der Waals surface area contributed by atoms with Crippen molar-refractivity contribution in [1.82, 2.24) is 20.3 Å². The van der Waals surface area contributed by atoms with Crippen molar-refractivity contribution in [2.24, 2.45) is 0 Å². The van der Waals surface area contributed by atoms with Crippen LogP contribution in [0.2, 0.25) is 0 Å². The first kappa shape index (κ1) is 19.8. The van der Waals surface area contributed by atoms with Gasteiger partial charge in [0, 0.05) is 41.5 Å². The number of halogens is 3. The molecule has 3 aromatic rings. The Morgan fingerprint density at radius 1 is 1.26 bits per heavy atom. The van der Waals surface area contributed by atoms with Gasteiger partial charge in [0.05, 0.1) is 16.8 Å². The summed E-state index contributed by atoms with van der Waals surface area (Å²) in [6.45, 7) is 3.35. The number of anilines is 1. The monoisotopic (exact) mass is 431 g/mol. The van der Waals surface area contributed by atoms with Crippen LogP contribution in [0.15, 0.2) is 24.5 Å². The van der Waals surface area contributed by atoms with Crippen molar-refractivity contribution in [3.63, 3.8) is 0 Å². The summed E-state index contributed by atoms with van der Waals surface area (Å²) in [5, 5.41) is 6.92. The van der Waals surface area contributed by atoms with E-state index in [-0.39, 0.29) is 17.7 Å². The van der Waals surface area contributed by atoms with Crippen LogP contribution in [0.3, 0.4) is 0 Å². The number of nitrogens with one attached hydrogen (secondary N) is 3. The Hall–Kier alpha value is -3.14. The zero-order valence-electron chi connectivity index (χ0n) is 16.6. The molecule has 0 aliphatic carbocycles. The summed E-state index contributed by atoms with van der Waals surface area (Å²) in [5.74, 6) is -0.287. The second-order valence-corrected chi connectivity index (χ2v) is 7.84. The molecule has 0 amide bonds. The van der Waals surface area contributed by atoms with Gasteiger partial charge in [-0.05, 0) is 32.4 Å². The van der Waals surface area contributed by atoms with Gasteiger partial charge in [0.15, 0.2) is 0 Å². The first-order valence-corrected chi connectivity index (χ1v) is 10.1. The second-order valence-electron chi connectivity index (χ2n) is 7.84. The lowest BCUT2D eigenvalue weighted by atomic mass is 9.99. The van der Waals surface area contributed by atoms with E-state index in [1.807, 2.05) is 0 Å². The third-order valence-electron chi connectivity index (χ3n) is 5.79. The highest BCUT2D eigenvalue weighted by Gasteiger charge is 2.37. The van der Waals surface area contributed by atoms with Crippen molar-refractivity contribution in [1.29, 1.82) is 0 Å². The lowest BCUT2D eigenvalue weighted by molar-refractivity contribution is -0.137. The van der Waals surface area contributed by atoms with E-state index in [0.717, 1.165) is 25.6 Å². The van der Waals surface area contributed by atoms with Crippen LogP contribution in [0.5, 0.6) is 0 Å². The highest BCUT2D eigenvalue weighted by atomic mass is 19.4. The van der Waals surface area contributed by atoms with Crippen molar-refractivity contribution in [2.75, 3.05) is 18.4 Å². The topological polar surface area (TPSA) is 91.9 Å². The predicted molar refractivity (Wildman–Crippen MR) is 108 cm³/mol. The number of benzene rings is 1. The van der Waals surface area contributed by atoms with Gasteiger partial charge in [0.25, 0.3) is 0 Å². The number of aromatic amines is 1. The Balaban J connectivity index is 1.63. The van der Waals surface area contributed by atoms with Gasteiger partial charge in [-0.15, -0.1) is 0 Å². The fourth-order valence-corrected chi connectivity index (χ4v) is 4.32. The number of carbonyl (C=O) groups excluding carboxylic acids is 1. The molecule has 31 heavy (non-hydrogen) atoms. The lowest BCUT2D eigenvalue weighted by Gasteiger charge is -2.24. The fourth-order valence-electron chi connectivity index (χ4n) is 4.32. The Kier molecular flexibility index (Phi) is 4.62. The van der Waals surface area contributed by atoms with Crippen molar-refractivity contribution in [2.45, 2.75) is 38.1 Å². The second kappa shape index (κ2) is 7.23. The lowest BCUT2D eigenvalue weighted by Crippen LogP contribution is -2.38. The van der Waals surface area contributed by atoms with Crippen LogP contribution in [0.4, 0.5) is 19.1 Å². The third-order valence-corrected chi connectivity index (χ3v) is 5.79. The molecular formula is C21H20F3N5O2. The number of hydrogen-bond acceptors (Lipinski definition) is 6. The zero-order valence-corrected chi connectivity index (χ0v) is 16.6. The number of alkyl halides is 3. The maximum absolute atomic E-state index is 13.8. The average molecular weight is 431 g/mol. The molecule has 162 valence electrons. The number of H-pyrrole nitrogens is 1. The zero-order chi connectivity index (χ0) is 21.8. The Morgan fingerprint density at radius 2 is 2.10 bits per heavy atom. The summed E-state index contributed by atoms with van der Waals surface area (Å²) < 4.78 is 46.6. The van der Waals surface area contributed by atoms with Crippen molar-refractivity contribution < 1.29 is 22.7 Å². The van der Waals surface area contributed by atoms with Gasteiger partial charge >= 0.3 is 12.1 Å². The molecule has 10 heteroatoms. The number of cyclic esters (lactones) is 1. The molecule has 2 aliphatic rings. The summed E-state index contributed by atoms with van der Waals surface area (Å²) in [7, 11) is 0. The van der Waals surface area contributed by atoms with Gasteiger partial charge in [-0.1, -0.05) is 6.07 Å². The minimum Gasteiger partial charge on any atom is -0.454 e. The smallest absolute Gasteiger partial charge is 0.419 e. The van der Waals surface area contributed by atoms with E-state index >= 15 is 0 Å². The quantitative estimate of drug-likeness (QED) is 0.542. The number of rotatable bonds is 3. The standard InChI is InChI=1S/C21H20F3N5O2/c1-10-16-13(19(30)31-10)5-4-12-14(8-26-18(12)16)17-15(21(22,23)24)9-27-20(29-17)28-11-3-2-6-25-7-11/h4-5,8-11,25-26H,2-3,6-7H2,1H3,(H,27,28,29)/t10?,11-/m0/s1. The number of ether oxygens (including phenoxy) is 1. The van der Waals surface area contributed by atoms with Gasteiger partial charge < -0.3 is 20.4 Å². The first-order valence-electron chi connectivity index (χ1n) is 10.1. The van der Waals surface area contributed by atoms with Gasteiger partial charge in [0.2, 0.25) is 5.95 Å². The van der Waals surface area contributed by atoms with Crippen LogP contribution >= 0.6 is 0 Å². The number of fused-ring (bicyclic) bond motifs is 3. The molecule has 3 N–H and O–H groups in total. The van der Waals surface area contributed by atoms with E-state index in [1.54, 1.807) is 19.1 Å². The molecule has 0 bridgehead atoms. The van der Waals surface area contributed by atoms with E-state index in [9.17, 15) is 18.0 Å². The molecule has 1 aromatic carbocycles. The number of nitrogens with zero attached hydrogens (tertiary/aromatic N) is 2. The summed E-state index contributed by atoms with van der Waals surface area (Å²) >= 11 is 0. The molecule has 5 rings (SSSR count). The number of carbonyl (C=O) groups is 1. The first-order chi connectivity index (χ1) is 14.8. The summed E-state index contributed by atoms with van der Waals surface area (Å²) in [6, 6.07) is 3.26. The van der Waals surface area contributed by atoms with Crippen molar-refractivity contribution in [3.8, 4) is 11.3 Å². The van der Waals surface area contributed by atoms with Crippen LogP contribution < -0.4 is 10.6 Å². The summed E-state index contributed by atoms with van der Waals surface area (Å²) in [4.78, 5) is 23.2. The molecule has 4 heterocycles. The molecule has 0 spiro atoms. The van der Waals surface area contributed by atoms with E-state index in [4.69, 9.17) is 4.74 Å². The molecule has 2 aromatic heterocycles. The number of piperidine rings is 1. The predicted octanol–water partition coefficient (Wildman–Crippen LogP) is 4.04. The third kappa shape index (κ3) is 3.40. The molecule has 1 fully saturated rings. The Bertz CT molecular complexity index is 1170. The van der Waals surface area contributed by atoms with E-state index in [2.05, 4.69) is 25.6 Å². The van der Waals surface area contributed by atoms with Gasteiger partial charge in [-0.2, -0.15) is 13.2 Å². The highest BCUT2D eigenvalue weighted by Crippen LogP contribution is 2.42. The van der Waals surface area contributed by atoms with Gasteiger partial charge in [0.1, 0.15) is 11.7 Å². The summed E-state index contributed by atoms with van der Waals surface area (Å²) in [5.41, 5.74) is 0.800. The molecule has 7 nitrogen and oxygen atoms in total. The molecule has 1 unspecified atom stereocenters. The van der Waals surface area contributed by atoms with E-state index in [1.165, 1.54) is 6.20 Å². The van der Waals surface area contributed by atoms with Crippen molar-refractivity contribution in [3.05, 3.63) is 41.2 Å². The number of esters is 1. The summed E-state index contributed by atoms with van der Waals surface area (Å²) in [6.07, 6.45) is -0.935. The van der Waals surface area contributed by atoms with Crippen LogP contribution in [0, 0.1) is 0 Å². The molecule has 2 atom stereocenters. The van der Waals surface area contributed by atoms with E-state index < -0.39 is 23.8 Å². The highest BCUT2D eigenvalue weighted by molar-refractivity contribution is 6.05. The molecule has 0 saturated carbocycles. The Labute approximate surface area is 175 Å². The maximum atomic E-state index is 13.8. The SMILES string of the molecule is CC1OC(=O)c2ccc3c(-c4nc(N[C@H]5CCCNC5)ncc4C(F)(F)F)c[nH]c3c21. The minimum atomic E-state index is -4.62. The minimum absolute atomic E-state index is 0.0496. The molecule has 1 saturated heterocycles. The molecule has 2 aliphatic heterocycles. The maximum Gasteiger partial charge on any atom is 0.419 e. The average Bonchev–Trinajstić information content (AvgIpc) is 3.28. The van der Waals surface area contributed by atoms with Crippen LogP contribution in [0.1, 0.15) is 47.4 Å². The van der Waals surface area contributed by atoms with Crippen LogP contribution in [-0.2, 0) is 10.9 Å². The Morgan fingerprint density at radius 3 is 2.84 bits per heavy atom. The van der Waals surface area contributed by atoms with E-state index in [0.29, 0.717) is 34.1 Å². The number of hydrogen-bond donors (Lipinski definition) is 3. The largest absolute Gasteiger partial charge is 0.454 e. The van der Waals surface area contributed by atoms with Crippen LogP contribution in [-0.4, -0.2) is 40.1 Å². The normalized spacial score (nSPS) is 21.2. The van der Waals surface area contributed by atoms with Crippen molar-refractivity contribution >= 4 is 22.8 Å². The molecule has 0 radical (unpaired) electrons.